The Hall–Kier alpha value is -1.46. The van der Waals surface area contributed by atoms with Crippen LogP contribution in [0.15, 0.2) is 12.1 Å². The Morgan fingerprint density at radius 2 is 2.04 bits per heavy atom. The number of rotatable bonds is 3. The molecule has 0 bridgehead atoms. The Kier molecular flexibility index (Phi) is 5.04. The first-order valence-corrected chi connectivity index (χ1v) is 9.70. The van der Waals surface area contributed by atoms with Crippen molar-refractivity contribution in [3.8, 4) is 11.5 Å². The van der Waals surface area contributed by atoms with E-state index in [2.05, 4.69) is 10.2 Å². The van der Waals surface area contributed by atoms with Crippen LogP contribution in [0.25, 0.3) is 0 Å². The van der Waals surface area contributed by atoms with Gasteiger partial charge in [-0.25, -0.2) is 0 Å². The first kappa shape index (κ1) is 17.0. The van der Waals surface area contributed by atoms with Gasteiger partial charge in [-0.3, -0.25) is 9.69 Å². The highest BCUT2D eigenvalue weighted by atomic mass is 35.5. The minimum absolute atomic E-state index is 0.0583. The van der Waals surface area contributed by atoms with E-state index in [1.807, 2.05) is 12.1 Å². The van der Waals surface area contributed by atoms with Crippen LogP contribution in [0, 0.1) is 0 Å². The summed E-state index contributed by atoms with van der Waals surface area (Å²) in [6.45, 7) is 3.49. The third-order valence-electron chi connectivity index (χ3n) is 5.43. The lowest BCUT2D eigenvalue weighted by molar-refractivity contribution is -0.121. The van der Waals surface area contributed by atoms with Crippen molar-refractivity contribution in [1.82, 2.24) is 10.2 Å². The lowest BCUT2D eigenvalue weighted by Crippen LogP contribution is -2.47. The van der Waals surface area contributed by atoms with Gasteiger partial charge in [-0.2, -0.15) is 0 Å². The molecule has 3 heterocycles. The molecule has 1 aromatic rings. The summed E-state index contributed by atoms with van der Waals surface area (Å²) in [5, 5.41) is 3.76. The molecule has 0 aromatic heterocycles. The van der Waals surface area contributed by atoms with Crippen LogP contribution >= 0.6 is 11.6 Å². The summed E-state index contributed by atoms with van der Waals surface area (Å²) in [6, 6.07) is 4.50. The fraction of sp³-hybridized carbons (Fsp3) is 0.632. The Morgan fingerprint density at radius 1 is 1.16 bits per heavy atom. The van der Waals surface area contributed by atoms with Crippen LogP contribution in [0.3, 0.4) is 0 Å². The number of carbonyl (C=O) groups excluding carboxylic acids is 1. The second-order valence-corrected chi connectivity index (χ2v) is 7.60. The molecule has 0 radical (unpaired) electrons. The van der Waals surface area contributed by atoms with Gasteiger partial charge in [0.05, 0.1) is 24.7 Å². The third-order valence-corrected chi connectivity index (χ3v) is 5.71. The number of ether oxygens (including phenoxy) is 2. The number of hydrogen-bond acceptors (Lipinski definition) is 4. The average Bonchev–Trinajstić information content (AvgIpc) is 2.84. The number of nitrogens with zero attached hydrogens (tertiary/aromatic N) is 1. The summed E-state index contributed by atoms with van der Waals surface area (Å²) in [6.07, 6.45) is 5.96. The molecule has 3 aliphatic heterocycles. The van der Waals surface area contributed by atoms with E-state index in [1.165, 1.54) is 25.8 Å². The van der Waals surface area contributed by atoms with Crippen molar-refractivity contribution < 1.29 is 14.3 Å². The van der Waals surface area contributed by atoms with E-state index in [1.54, 1.807) is 0 Å². The maximum Gasteiger partial charge on any atom is 0.224 e. The van der Waals surface area contributed by atoms with Gasteiger partial charge in [0.15, 0.2) is 11.5 Å². The molecular formula is C19H25ClN2O3. The van der Waals surface area contributed by atoms with Crippen LogP contribution < -0.4 is 14.8 Å². The number of carbonyl (C=O) groups is 1. The summed E-state index contributed by atoms with van der Waals surface area (Å²) in [7, 11) is 0. The molecule has 1 amide bonds. The topological polar surface area (TPSA) is 50.8 Å². The Balaban J connectivity index is 1.41. The van der Waals surface area contributed by atoms with Crippen molar-refractivity contribution in [2.75, 3.05) is 26.3 Å². The first-order chi connectivity index (χ1) is 12.2. The maximum absolute atomic E-state index is 12.5. The van der Waals surface area contributed by atoms with Gasteiger partial charge in [-0.15, -0.1) is 0 Å². The van der Waals surface area contributed by atoms with Gasteiger partial charge in [-0.1, -0.05) is 18.0 Å². The number of piperidine rings is 1. The van der Waals surface area contributed by atoms with Gasteiger partial charge in [0.1, 0.15) is 0 Å². The maximum atomic E-state index is 12.5. The van der Waals surface area contributed by atoms with Gasteiger partial charge in [0, 0.05) is 25.0 Å². The van der Waals surface area contributed by atoms with Gasteiger partial charge in [0.2, 0.25) is 5.91 Å². The van der Waals surface area contributed by atoms with Crippen molar-refractivity contribution in [2.24, 2.45) is 0 Å². The van der Waals surface area contributed by atoms with E-state index in [4.69, 9.17) is 21.1 Å². The molecule has 1 N–H and O–H groups in total. The quantitative estimate of drug-likeness (QED) is 0.896. The molecule has 5 nitrogen and oxygen atoms in total. The molecule has 3 aliphatic rings. The molecule has 2 atom stereocenters. The molecule has 25 heavy (non-hydrogen) atoms. The highest BCUT2D eigenvalue weighted by Crippen LogP contribution is 2.38. The van der Waals surface area contributed by atoms with Crippen LogP contribution in [0.2, 0.25) is 5.02 Å². The molecule has 6 heteroatoms. The Bertz CT molecular complexity index is 652. The van der Waals surface area contributed by atoms with E-state index in [9.17, 15) is 4.79 Å². The summed E-state index contributed by atoms with van der Waals surface area (Å²) >= 11 is 6.32. The summed E-state index contributed by atoms with van der Waals surface area (Å²) < 4.78 is 11.4. The fourth-order valence-electron chi connectivity index (χ4n) is 4.25. The van der Waals surface area contributed by atoms with Crippen LogP contribution in [-0.4, -0.2) is 49.2 Å². The molecule has 2 saturated heterocycles. The third kappa shape index (κ3) is 3.72. The van der Waals surface area contributed by atoms with Gasteiger partial charge in [0.25, 0.3) is 0 Å². The highest BCUT2D eigenvalue weighted by Gasteiger charge is 2.36. The molecule has 1 aromatic carbocycles. The number of amides is 1. The minimum Gasteiger partial charge on any atom is -0.489 e. The summed E-state index contributed by atoms with van der Waals surface area (Å²) in [5.41, 5.74) is 0.866. The average molecular weight is 365 g/mol. The Labute approximate surface area is 153 Å². The van der Waals surface area contributed by atoms with Crippen LogP contribution in [0.4, 0.5) is 0 Å². The number of benzene rings is 1. The number of hydrogen-bond donors (Lipinski definition) is 1. The molecule has 0 unspecified atom stereocenters. The number of halogens is 1. The largest absolute Gasteiger partial charge is 0.489 e. The second-order valence-electron chi connectivity index (χ2n) is 7.19. The van der Waals surface area contributed by atoms with Crippen molar-refractivity contribution in [2.45, 2.75) is 50.6 Å². The molecule has 4 rings (SSSR count). The van der Waals surface area contributed by atoms with Crippen molar-refractivity contribution in [1.29, 1.82) is 0 Å². The van der Waals surface area contributed by atoms with Crippen molar-refractivity contribution in [3.63, 3.8) is 0 Å². The van der Waals surface area contributed by atoms with E-state index >= 15 is 0 Å². The lowest BCUT2D eigenvalue weighted by atomic mass is 9.99. The zero-order chi connectivity index (χ0) is 17.2. The molecular weight excluding hydrogens is 340 g/mol. The predicted octanol–water partition coefficient (Wildman–Crippen LogP) is 2.79. The predicted molar refractivity (Wildman–Crippen MR) is 96.5 cm³/mol. The van der Waals surface area contributed by atoms with E-state index in [0.29, 0.717) is 42.2 Å². The van der Waals surface area contributed by atoms with Crippen molar-refractivity contribution in [3.05, 3.63) is 22.7 Å². The molecule has 0 spiro atoms. The molecule has 0 aliphatic carbocycles. The number of nitrogens with one attached hydrogen (secondary N) is 1. The molecule has 0 saturated carbocycles. The SMILES string of the molecule is O=C(Cc1cc(Cl)c2c(c1)OCCCO2)N[C@H]1CCN2CCCC[C@@H]12. The zero-order valence-corrected chi connectivity index (χ0v) is 15.2. The normalized spacial score (nSPS) is 26.0. The smallest absolute Gasteiger partial charge is 0.224 e. The van der Waals surface area contributed by atoms with Gasteiger partial charge >= 0.3 is 0 Å². The van der Waals surface area contributed by atoms with Gasteiger partial charge < -0.3 is 14.8 Å². The van der Waals surface area contributed by atoms with Crippen molar-refractivity contribution >= 4 is 17.5 Å². The lowest BCUT2D eigenvalue weighted by Gasteiger charge is -2.32. The Morgan fingerprint density at radius 3 is 2.96 bits per heavy atom. The second kappa shape index (κ2) is 7.42. The van der Waals surface area contributed by atoms with E-state index < -0.39 is 0 Å². The van der Waals surface area contributed by atoms with E-state index in [-0.39, 0.29) is 11.9 Å². The van der Waals surface area contributed by atoms with Crippen LogP contribution in [-0.2, 0) is 11.2 Å². The van der Waals surface area contributed by atoms with Crippen LogP contribution in [0.1, 0.15) is 37.7 Å². The highest BCUT2D eigenvalue weighted by molar-refractivity contribution is 6.32. The van der Waals surface area contributed by atoms with Gasteiger partial charge in [-0.05, 0) is 43.5 Å². The molecule has 136 valence electrons. The minimum atomic E-state index is 0.0583. The molecule has 2 fully saturated rings. The van der Waals surface area contributed by atoms with E-state index in [0.717, 1.165) is 24.9 Å². The summed E-state index contributed by atoms with van der Waals surface area (Å²) in [5.74, 6) is 1.30. The van der Waals surface area contributed by atoms with Crippen LogP contribution in [0.5, 0.6) is 11.5 Å². The zero-order valence-electron chi connectivity index (χ0n) is 14.4. The standard InChI is InChI=1S/C19H25ClN2O3/c20-14-10-13(11-17-19(14)25-9-3-8-24-17)12-18(23)21-15-5-7-22-6-2-1-4-16(15)22/h10-11,15-16H,1-9,12H2,(H,21,23)/t15-,16-/m0/s1. The fourth-order valence-corrected chi connectivity index (χ4v) is 4.53. The summed E-state index contributed by atoms with van der Waals surface area (Å²) in [4.78, 5) is 15.1. The number of fused-ring (bicyclic) bond motifs is 2. The first-order valence-electron chi connectivity index (χ1n) is 9.32. The monoisotopic (exact) mass is 364 g/mol.